The molecule has 1 aliphatic rings. The highest BCUT2D eigenvalue weighted by molar-refractivity contribution is 6.00. The first-order valence-electron chi connectivity index (χ1n) is 6.32. The fourth-order valence-corrected chi connectivity index (χ4v) is 2.50. The van der Waals surface area contributed by atoms with Gasteiger partial charge in [-0.1, -0.05) is 12.8 Å². The zero-order chi connectivity index (χ0) is 12.4. The summed E-state index contributed by atoms with van der Waals surface area (Å²) in [5.74, 6) is 0.546. The van der Waals surface area contributed by atoms with Gasteiger partial charge in [0.25, 0.3) is 0 Å². The molecule has 1 aliphatic carbocycles. The lowest BCUT2D eigenvalue weighted by atomic mass is 10.1. The van der Waals surface area contributed by atoms with Crippen LogP contribution in [-0.2, 0) is 0 Å². The summed E-state index contributed by atoms with van der Waals surface area (Å²) in [6.07, 6.45) is 6.34. The second-order valence-electron chi connectivity index (χ2n) is 4.70. The molecular weight excluding hydrogens is 228 g/mol. The van der Waals surface area contributed by atoms with E-state index < -0.39 is 0 Å². The van der Waals surface area contributed by atoms with Crippen molar-refractivity contribution in [2.45, 2.75) is 31.7 Å². The Morgan fingerprint density at radius 2 is 2.11 bits per heavy atom. The van der Waals surface area contributed by atoms with Crippen LogP contribution in [0.4, 0.5) is 0 Å². The Labute approximate surface area is 105 Å². The molecule has 0 aliphatic heterocycles. The van der Waals surface area contributed by atoms with Crippen LogP contribution in [0.25, 0.3) is 11.0 Å². The number of rotatable bonds is 2. The third-order valence-corrected chi connectivity index (χ3v) is 3.47. The van der Waals surface area contributed by atoms with Gasteiger partial charge in [-0.15, -0.1) is 0 Å². The molecule has 0 spiro atoms. The summed E-state index contributed by atoms with van der Waals surface area (Å²) in [6, 6.07) is 8.01. The number of furan rings is 1. The molecule has 18 heavy (non-hydrogen) atoms. The van der Waals surface area contributed by atoms with E-state index >= 15 is 0 Å². The van der Waals surface area contributed by atoms with Crippen molar-refractivity contribution in [3.05, 3.63) is 36.1 Å². The molecule has 0 radical (unpaired) electrons. The van der Waals surface area contributed by atoms with Crippen molar-refractivity contribution in [3.8, 4) is 0 Å². The average molecular weight is 244 g/mol. The Morgan fingerprint density at radius 1 is 1.28 bits per heavy atom. The number of nitrogens with zero attached hydrogens (tertiary/aromatic N) is 1. The average Bonchev–Trinajstić information content (AvgIpc) is 3.06. The van der Waals surface area contributed by atoms with Crippen LogP contribution in [0.3, 0.4) is 0 Å². The van der Waals surface area contributed by atoms with E-state index in [0.29, 0.717) is 11.9 Å². The monoisotopic (exact) mass is 244 g/mol. The van der Waals surface area contributed by atoms with Crippen molar-refractivity contribution in [2.24, 2.45) is 4.99 Å². The van der Waals surface area contributed by atoms with Gasteiger partial charge in [-0.3, -0.25) is 15.7 Å². The summed E-state index contributed by atoms with van der Waals surface area (Å²) in [5, 5.41) is 10.3. The Kier molecular flexibility index (Phi) is 3.02. The number of hydrogen-bond donors (Lipinski definition) is 2. The standard InChI is InChI=1S/C14H16N2O2/c17-16-14(15-12-3-1-2-4-12)11-5-6-13-10(9-11)7-8-18-13/h5-9,12,17H,1-4H2,(H,15,16). The lowest BCUT2D eigenvalue weighted by Gasteiger charge is -2.08. The minimum atomic E-state index is 0.333. The van der Waals surface area contributed by atoms with Crippen LogP contribution in [0.5, 0.6) is 0 Å². The summed E-state index contributed by atoms with van der Waals surface area (Å²) in [5.41, 5.74) is 3.95. The van der Waals surface area contributed by atoms with E-state index in [-0.39, 0.29) is 0 Å². The molecule has 4 nitrogen and oxygen atoms in total. The molecule has 0 saturated heterocycles. The molecule has 1 fully saturated rings. The minimum Gasteiger partial charge on any atom is -0.464 e. The van der Waals surface area contributed by atoms with E-state index in [1.54, 1.807) is 6.26 Å². The molecule has 1 aromatic carbocycles. The molecular formula is C14H16N2O2. The number of aliphatic imine (C=N–C) groups is 1. The fraction of sp³-hybridized carbons (Fsp3) is 0.357. The zero-order valence-corrected chi connectivity index (χ0v) is 10.1. The van der Waals surface area contributed by atoms with E-state index in [4.69, 9.17) is 4.42 Å². The van der Waals surface area contributed by atoms with E-state index in [0.717, 1.165) is 29.4 Å². The molecule has 0 bridgehead atoms. The predicted octanol–water partition coefficient (Wildman–Crippen LogP) is 3.10. The molecule has 3 rings (SSSR count). The van der Waals surface area contributed by atoms with Gasteiger partial charge in [0, 0.05) is 10.9 Å². The Hall–Kier alpha value is -1.81. The quantitative estimate of drug-likeness (QED) is 0.485. The third-order valence-electron chi connectivity index (χ3n) is 3.47. The second-order valence-corrected chi connectivity index (χ2v) is 4.70. The molecule has 2 aromatic rings. The SMILES string of the molecule is ONC(=NC1CCCC1)c1ccc2occc2c1. The molecule has 4 heteroatoms. The predicted molar refractivity (Wildman–Crippen MR) is 69.9 cm³/mol. The van der Waals surface area contributed by atoms with Gasteiger partial charge < -0.3 is 4.42 Å². The van der Waals surface area contributed by atoms with E-state index in [1.165, 1.54) is 12.8 Å². The van der Waals surface area contributed by atoms with Crippen LogP contribution >= 0.6 is 0 Å². The second kappa shape index (κ2) is 4.82. The number of hydrogen-bond acceptors (Lipinski definition) is 3. The Balaban J connectivity index is 1.94. The van der Waals surface area contributed by atoms with Crippen LogP contribution in [0.1, 0.15) is 31.2 Å². The molecule has 0 amide bonds. The van der Waals surface area contributed by atoms with Gasteiger partial charge >= 0.3 is 0 Å². The first-order chi connectivity index (χ1) is 8.86. The highest BCUT2D eigenvalue weighted by Gasteiger charge is 2.15. The van der Waals surface area contributed by atoms with E-state index in [1.807, 2.05) is 24.3 Å². The smallest absolute Gasteiger partial charge is 0.152 e. The van der Waals surface area contributed by atoms with Gasteiger partial charge in [-0.25, -0.2) is 0 Å². The van der Waals surface area contributed by atoms with Crippen LogP contribution in [0, 0.1) is 0 Å². The van der Waals surface area contributed by atoms with Crippen molar-refractivity contribution in [1.29, 1.82) is 0 Å². The van der Waals surface area contributed by atoms with Crippen molar-refractivity contribution in [2.75, 3.05) is 0 Å². The van der Waals surface area contributed by atoms with Crippen molar-refractivity contribution in [1.82, 2.24) is 5.48 Å². The van der Waals surface area contributed by atoms with Crippen LogP contribution in [0.2, 0.25) is 0 Å². The lowest BCUT2D eigenvalue weighted by Crippen LogP contribution is -2.22. The van der Waals surface area contributed by atoms with E-state index in [9.17, 15) is 5.21 Å². The minimum absolute atomic E-state index is 0.333. The topological polar surface area (TPSA) is 57.8 Å². The maximum Gasteiger partial charge on any atom is 0.152 e. The third kappa shape index (κ3) is 2.11. The van der Waals surface area contributed by atoms with Gasteiger partial charge in [-0.05, 0) is 37.1 Å². The van der Waals surface area contributed by atoms with Gasteiger partial charge in [0.15, 0.2) is 5.84 Å². The van der Waals surface area contributed by atoms with Crippen LogP contribution in [0.15, 0.2) is 39.9 Å². The normalized spacial score (nSPS) is 17.5. The molecule has 1 saturated carbocycles. The summed E-state index contributed by atoms with van der Waals surface area (Å²) in [4.78, 5) is 4.58. The maximum absolute atomic E-state index is 9.26. The number of amidine groups is 1. The van der Waals surface area contributed by atoms with Gasteiger partial charge in [0.1, 0.15) is 5.58 Å². The van der Waals surface area contributed by atoms with Crippen molar-refractivity contribution < 1.29 is 9.62 Å². The lowest BCUT2D eigenvalue weighted by molar-refractivity contribution is 0.234. The first-order valence-corrected chi connectivity index (χ1v) is 6.32. The first kappa shape index (κ1) is 11.3. The molecule has 94 valence electrons. The van der Waals surface area contributed by atoms with Crippen molar-refractivity contribution >= 4 is 16.8 Å². The van der Waals surface area contributed by atoms with Crippen LogP contribution in [-0.4, -0.2) is 17.1 Å². The molecule has 2 N–H and O–H groups in total. The van der Waals surface area contributed by atoms with Crippen molar-refractivity contribution in [3.63, 3.8) is 0 Å². The highest BCUT2D eigenvalue weighted by Crippen LogP contribution is 2.22. The Bertz CT molecular complexity index is 568. The maximum atomic E-state index is 9.26. The zero-order valence-electron chi connectivity index (χ0n) is 10.1. The Morgan fingerprint density at radius 3 is 2.89 bits per heavy atom. The largest absolute Gasteiger partial charge is 0.464 e. The summed E-state index contributed by atoms with van der Waals surface area (Å²) in [7, 11) is 0. The summed E-state index contributed by atoms with van der Waals surface area (Å²) < 4.78 is 5.30. The van der Waals surface area contributed by atoms with Gasteiger partial charge in [0.2, 0.25) is 0 Å². The van der Waals surface area contributed by atoms with Gasteiger partial charge in [0.05, 0.1) is 12.3 Å². The van der Waals surface area contributed by atoms with E-state index in [2.05, 4.69) is 10.5 Å². The molecule has 0 atom stereocenters. The molecule has 0 unspecified atom stereocenters. The summed E-state index contributed by atoms with van der Waals surface area (Å²) in [6.45, 7) is 0. The molecule has 1 aromatic heterocycles. The van der Waals surface area contributed by atoms with Gasteiger partial charge in [-0.2, -0.15) is 0 Å². The van der Waals surface area contributed by atoms with Crippen LogP contribution < -0.4 is 5.48 Å². The highest BCUT2D eigenvalue weighted by atomic mass is 16.5. The number of hydroxylamine groups is 1. The number of fused-ring (bicyclic) bond motifs is 1. The summed E-state index contributed by atoms with van der Waals surface area (Å²) >= 11 is 0. The fourth-order valence-electron chi connectivity index (χ4n) is 2.50. The molecule has 1 heterocycles. The number of nitrogens with one attached hydrogen (secondary N) is 1. The number of benzene rings is 1.